The first-order chi connectivity index (χ1) is 9.45. The highest BCUT2D eigenvalue weighted by molar-refractivity contribution is 6.25. The van der Waals surface area contributed by atoms with Gasteiger partial charge in [-0.2, -0.15) is 0 Å². The minimum absolute atomic E-state index is 0.0275. The Hall–Kier alpha value is -1.03. The number of amides is 2. The largest absolute Gasteiger partial charge is 0.340 e. The Balaban J connectivity index is 2.30. The van der Waals surface area contributed by atoms with E-state index in [2.05, 4.69) is 5.32 Å². The molecule has 1 heterocycles. The van der Waals surface area contributed by atoms with Crippen LogP contribution in [0.2, 0.25) is 0 Å². The van der Waals surface area contributed by atoms with Gasteiger partial charge in [0.2, 0.25) is 11.8 Å². The van der Waals surface area contributed by atoms with Gasteiger partial charge in [0.25, 0.3) is 0 Å². The van der Waals surface area contributed by atoms with Crippen molar-refractivity contribution >= 4 is 23.4 Å². The van der Waals surface area contributed by atoms with Crippen molar-refractivity contribution in [2.45, 2.75) is 51.6 Å². The van der Waals surface area contributed by atoms with Gasteiger partial charge in [0, 0.05) is 12.1 Å². The van der Waals surface area contributed by atoms with Gasteiger partial charge in [-0.05, 0) is 31.6 Å². The standard InChI is InChI=1S/C15H23ClN2O2/c1-4-10(2)12-13(19)17-15(3,11-6-7-11)14(20)18(12)9-5-8-16/h5,8,10-12H,4,6-7,9H2,1-3H3,(H,17,19)/b8-5+. The Morgan fingerprint density at radius 1 is 1.50 bits per heavy atom. The fourth-order valence-corrected chi connectivity index (χ4v) is 3.11. The molecule has 1 N–H and O–H groups in total. The van der Waals surface area contributed by atoms with Crippen molar-refractivity contribution in [3.63, 3.8) is 0 Å². The van der Waals surface area contributed by atoms with Gasteiger partial charge in [-0.1, -0.05) is 37.9 Å². The molecular formula is C15H23ClN2O2. The number of hydrogen-bond acceptors (Lipinski definition) is 2. The summed E-state index contributed by atoms with van der Waals surface area (Å²) in [6.45, 7) is 6.30. The number of hydrogen-bond donors (Lipinski definition) is 1. The summed E-state index contributed by atoms with van der Waals surface area (Å²) < 4.78 is 0. The van der Waals surface area contributed by atoms with Crippen LogP contribution in [0.4, 0.5) is 0 Å². The minimum Gasteiger partial charge on any atom is -0.340 e. The maximum absolute atomic E-state index is 12.8. The van der Waals surface area contributed by atoms with Crippen molar-refractivity contribution < 1.29 is 9.59 Å². The Morgan fingerprint density at radius 3 is 2.65 bits per heavy atom. The van der Waals surface area contributed by atoms with Crippen LogP contribution in [-0.2, 0) is 9.59 Å². The Bertz CT molecular complexity index is 434. The number of halogens is 1. The molecule has 2 amide bonds. The van der Waals surface area contributed by atoms with Gasteiger partial charge in [-0.3, -0.25) is 9.59 Å². The van der Waals surface area contributed by atoms with E-state index >= 15 is 0 Å². The summed E-state index contributed by atoms with van der Waals surface area (Å²) in [5.41, 5.74) is 0.670. The van der Waals surface area contributed by atoms with Crippen LogP contribution in [0.15, 0.2) is 11.6 Å². The average Bonchev–Trinajstić information content (AvgIpc) is 3.25. The van der Waals surface area contributed by atoms with Crippen molar-refractivity contribution in [1.82, 2.24) is 10.2 Å². The first-order valence-corrected chi connectivity index (χ1v) is 7.77. The molecule has 1 aliphatic heterocycles. The van der Waals surface area contributed by atoms with E-state index in [4.69, 9.17) is 11.6 Å². The molecule has 3 unspecified atom stereocenters. The van der Waals surface area contributed by atoms with Crippen LogP contribution >= 0.6 is 11.6 Å². The number of nitrogens with zero attached hydrogens (tertiary/aromatic N) is 1. The van der Waals surface area contributed by atoms with Crippen molar-refractivity contribution in [1.29, 1.82) is 0 Å². The fraction of sp³-hybridized carbons (Fsp3) is 0.733. The third-order valence-electron chi connectivity index (χ3n) is 4.66. The van der Waals surface area contributed by atoms with Gasteiger partial charge in [-0.25, -0.2) is 0 Å². The molecular weight excluding hydrogens is 276 g/mol. The number of nitrogens with one attached hydrogen (secondary N) is 1. The first-order valence-electron chi connectivity index (χ1n) is 7.34. The van der Waals surface area contributed by atoms with Crippen molar-refractivity contribution in [2.24, 2.45) is 11.8 Å². The topological polar surface area (TPSA) is 49.4 Å². The van der Waals surface area contributed by atoms with Crippen LogP contribution < -0.4 is 5.32 Å². The van der Waals surface area contributed by atoms with E-state index in [0.29, 0.717) is 6.54 Å². The second-order valence-corrected chi connectivity index (χ2v) is 6.37. The summed E-state index contributed by atoms with van der Waals surface area (Å²) in [4.78, 5) is 27.0. The SMILES string of the molecule is CCC(C)C1C(=O)NC(C)(C2CC2)C(=O)N1C/C=C/Cl. The summed E-state index contributed by atoms with van der Waals surface area (Å²) in [7, 11) is 0. The van der Waals surface area contributed by atoms with Gasteiger partial charge in [-0.15, -0.1) is 0 Å². The van der Waals surface area contributed by atoms with Gasteiger partial charge in [0.05, 0.1) is 0 Å². The summed E-state index contributed by atoms with van der Waals surface area (Å²) >= 11 is 5.59. The van der Waals surface area contributed by atoms with Crippen molar-refractivity contribution in [2.75, 3.05) is 6.54 Å². The molecule has 4 nitrogen and oxygen atoms in total. The normalized spacial score (nSPS) is 32.6. The zero-order valence-electron chi connectivity index (χ0n) is 12.4. The highest BCUT2D eigenvalue weighted by atomic mass is 35.5. The molecule has 1 aliphatic carbocycles. The van der Waals surface area contributed by atoms with Crippen LogP contribution in [0.3, 0.4) is 0 Å². The molecule has 0 aromatic rings. The van der Waals surface area contributed by atoms with E-state index in [1.165, 1.54) is 5.54 Å². The molecule has 0 spiro atoms. The number of carbonyl (C=O) groups excluding carboxylic acids is 2. The number of carbonyl (C=O) groups is 2. The lowest BCUT2D eigenvalue weighted by molar-refractivity contribution is -0.156. The van der Waals surface area contributed by atoms with E-state index in [-0.39, 0.29) is 23.7 Å². The molecule has 0 bridgehead atoms. The van der Waals surface area contributed by atoms with Gasteiger partial charge >= 0.3 is 0 Å². The Labute approximate surface area is 125 Å². The summed E-state index contributed by atoms with van der Waals surface area (Å²) in [5.74, 6) is 0.404. The minimum atomic E-state index is -0.735. The van der Waals surface area contributed by atoms with Crippen LogP contribution in [-0.4, -0.2) is 34.8 Å². The number of piperazine rings is 1. The summed E-state index contributed by atoms with van der Waals surface area (Å²) in [6, 6.07) is -0.396. The molecule has 1 saturated heterocycles. The lowest BCUT2D eigenvalue weighted by Crippen LogP contribution is -2.71. The highest BCUT2D eigenvalue weighted by Gasteiger charge is 2.55. The maximum Gasteiger partial charge on any atom is 0.249 e. The van der Waals surface area contributed by atoms with E-state index in [0.717, 1.165) is 19.3 Å². The van der Waals surface area contributed by atoms with Crippen LogP contribution in [0.1, 0.15) is 40.0 Å². The highest BCUT2D eigenvalue weighted by Crippen LogP contribution is 2.42. The molecule has 2 fully saturated rings. The molecule has 3 atom stereocenters. The Kier molecular flexibility index (Phi) is 4.43. The second kappa shape index (κ2) is 5.76. The lowest BCUT2D eigenvalue weighted by atomic mass is 9.85. The van der Waals surface area contributed by atoms with Crippen LogP contribution in [0.25, 0.3) is 0 Å². The summed E-state index contributed by atoms with van der Waals surface area (Å²) in [6.07, 6.45) is 4.60. The quantitative estimate of drug-likeness (QED) is 0.846. The van der Waals surface area contributed by atoms with Crippen molar-refractivity contribution in [3.05, 3.63) is 11.6 Å². The van der Waals surface area contributed by atoms with Crippen LogP contribution in [0, 0.1) is 11.8 Å². The second-order valence-electron chi connectivity index (χ2n) is 6.12. The van der Waals surface area contributed by atoms with Crippen molar-refractivity contribution in [3.8, 4) is 0 Å². The Morgan fingerprint density at radius 2 is 2.15 bits per heavy atom. The molecule has 0 aromatic carbocycles. The molecule has 1 saturated carbocycles. The number of rotatable bonds is 5. The zero-order valence-corrected chi connectivity index (χ0v) is 13.1. The molecule has 112 valence electrons. The first kappa shape index (κ1) is 15.4. The smallest absolute Gasteiger partial charge is 0.249 e. The molecule has 20 heavy (non-hydrogen) atoms. The van der Waals surface area contributed by atoms with Gasteiger partial charge in [0.15, 0.2) is 0 Å². The molecule has 5 heteroatoms. The monoisotopic (exact) mass is 298 g/mol. The van der Waals surface area contributed by atoms with E-state index < -0.39 is 11.6 Å². The van der Waals surface area contributed by atoms with E-state index in [1.54, 1.807) is 11.0 Å². The third-order valence-corrected chi connectivity index (χ3v) is 4.84. The van der Waals surface area contributed by atoms with E-state index in [9.17, 15) is 9.59 Å². The predicted molar refractivity (Wildman–Crippen MR) is 79.2 cm³/mol. The molecule has 0 radical (unpaired) electrons. The van der Waals surface area contributed by atoms with Gasteiger partial charge < -0.3 is 10.2 Å². The fourth-order valence-electron chi connectivity index (χ4n) is 3.03. The van der Waals surface area contributed by atoms with Gasteiger partial charge in [0.1, 0.15) is 11.6 Å². The molecule has 0 aromatic heterocycles. The average molecular weight is 299 g/mol. The molecule has 2 aliphatic rings. The zero-order chi connectivity index (χ0) is 14.9. The summed E-state index contributed by atoms with van der Waals surface area (Å²) in [5, 5.41) is 2.99. The molecule has 2 rings (SSSR count). The maximum atomic E-state index is 12.8. The predicted octanol–water partition coefficient (Wildman–Crippen LogP) is 2.28. The van der Waals surface area contributed by atoms with Crippen LogP contribution in [0.5, 0.6) is 0 Å². The third kappa shape index (κ3) is 2.58. The lowest BCUT2D eigenvalue weighted by Gasteiger charge is -2.46. The van der Waals surface area contributed by atoms with E-state index in [1.807, 2.05) is 20.8 Å².